The Labute approximate surface area is 201 Å². The van der Waals surface area contributed by atoms with Crippen LogP contribution >= 0.6 is 23.4 Å². The normalized spacial score (nSPS) is 15.8. The molecule has 172 valence electrons. The fraction of sp³-hybridized carbons (Fsp3) is 0.250. The molecule has 2 aromatic rings. The molecule has 1 aliphatic heterocycles. The maximum atomic E-state index is 12.7. The van der Waals surface area contributed by atoms with Gasteiger partial charge in [-0.15, -0.1) is 0 Å². The Kier molecular flexibility index (Phi) is 8.30. The van der Waals surface area contributed by atoms with Crippen LogP contribution in [0, 0.1) is 5.92 Å². The predicted molar refractivity (Wildman–Crippen MR) is 130 cm³/mol. The maximum absolute atomic E-state index is 12.7. The molecule has 0 aliphatic carbocycles. The summed E-state index contributed by atoms with van der Waals surface area (Å²) < 4.78 is 0. The second-order valence-electron chi connectivity index (χ2n) is 7.74. The van der Waals surface area contributed by atoms with Gasteiger partial charge in [0, 0.05) is 23.7 Å². The zero-order valence-corrected chi connectivity index (χ0v) is 19.8. The average molecular weight is 486 g/mol. The van der Waals surface area contributed by atoms with Crippen LogP contribution in [-0.2, 0) is 9.59 Å². The molecule has 0 aromatic heterocycles. The summed E-state index contributed by atoms with van der Waals surface area (Å²) in [6.07, 6.45) is 1.67. The number of rotatable bonds is 8. The SMILES string of the molecule is CC(C)[C@H](NC(=O)c1ccc(Cl)cc1)C(=O)NCCN1C(=O)SC(=Cc2ccccc2)C1=O. The highest BCUT2D eigenvalue weighted by molar-refractivity contribution is 8.18. The van der Waals surface area contributed by atoms with Crippen LogP contribution in [0.2, 0.25) is 5.02 Å². The molecule has 2 aromatic carbocycles. The lowest BCUT2D eigenvalue weighted by Crippen LogP contribution is -2.51. The molecule has 0 bridgehead atoms. The summed E-state index contributed by atoms with van der Waals surface area (Å²) >= 11 is 6.72. The number of carbonyl (C=O) groups excluding carboxylic acids is 4. The number of amides is 4. The van der Waals surface area contributed by atoms with Gasteiger partial charge < -0.3 is 10.6 Å². The van der Waals surface area contributed by atoms with Gasteiger partial charge in [-0.1, -0.05) is 55.8 Å². The highest BCUT2D eigenvalue weighted by Crippen LogP contribution is 2.31. The van der Waals surface area contributed by atoms with Crippen molar-refractivity contribution in [2.75, 3.05) is 13.1 Å². The van der Waals surface area contributed by atoms with Crippen molar-refractivity contribution in [2.24, 2.45) is 5.92 Å². The van der Waals surface area contributed by atoms with E-state index in [1.807, 2.05) is 44.2 Å². The van der Waals surface area contributed by atoms with Gasteiger partial charge in [-0.05, 0) is 53.6 Å². The molecular weight excluding hydrogens is 462 g/mol. The molecule has 9 heteroatoms. The van der Waals surface area contributed by atoms with E-state index in [-0.39, 0.29) is 36.1 Å². The Bertz CT molecular complexity index is 1070. The van der Waals surface area contributed by atoms with Crippen molar-refractivity contribution >= 4 is 52.4 Å². The molecule has 1 aliphatic rings. The van der Waals surface area contributed by atoms with Gasteiger partial charge in [0.2, 0.25) is 5.91 Å². The number of thioether (sulfide) groups is 1. The third-order valence-electron chi connectivity index (χ3n) is 4.95. The van der Waals surface area contributed by atoms with Crippen LogP contribution in [0.3, 0.4) is 0 Å². The van der Waals surface area contributed by atoms with Crippen molar-refractivity contribution in [1.82, 2.24) is 15.5 Å². The predicted octanol–water partition coefficient (Wildman–Crippen LogP) is 3.95. The zero-order chi connectivity index (χ0) is 24.0. The molecule has 0 spiro atoms. The average Bonchev–Trinajstić information content (AvgIpc) is 3.05. The first-order valence-corrected chi connectivity index (χ1v) is 11.6. The highest BCUT2D eigenvalue weighted by atomic mass is 35.5. The monoisotopic (exact) mass is 485 g/mol. The Hall–Kier alpha value is -3.10. The number of hydrogen-bond donors (Lipinski definition) is 2. The van der Waals surface area contributed by atoms with Crippen molar-refractivity contribution in [3.63, 3.8) is 0 Å². The van der Waals surface area contributed by atoms with Crippen LogP contribution in [-0.4, -0.2) is 47.0 Å². The van der Waals surface area contributed by atoms with Crippen molar-refractivity contribution in [1.29, 1.82) is 0 Å². The summed E-state index contributed by atoms with van der Waals surface area (Å²) in [4.78, 5) is 51.5. The minimum absolute atomic E-state index is 0.0402. The van der Waals surface area contributed by atoms with E-state index in [4.69, 9.17) is 11.6 Å². The summed E-state index contributed by atoms with van der Waals surface area (Å²) in [6.45, 7) is 3.75. The summed E-state index contributed by atoms with van der Waals surface area (Å²) in [5.74, 6) is -1.34. The molecule has 1 heterocycles. The minimum atomic E-state index is -0.777. The third kappa shape index (κ3) is 6.46. The number of nitrogens with zero attached hydrogens (tertiary/aromatic N) is 1. The molecule has 1 saturated heterocycles. The van der Waals surface area contributed by atoms with Crippen molar-refractivity contribution in [3.05, 3.63) is 75.7 Å². The molecule has 33 heavy (non-hydrogen) atoms. The Balaban J connectivity index is 1.56. The molecule has 0 radical (unpaired) electrons. The van der Waals surface area contributed by atoms with E-state index in [9.17, 15) is 19.2 Å². The first-order chi connectivity index (χ1) is 15.8. The van der Waals surface area contributed by atoms with Crippen LogP contribution in [0.15, 0.2) is 59.5 Å². The van der Waals surface area contributed by atoms with E-state index in [1.54, 1.807) is 30.3 Å². The Morgan fingerprint density at radius 1 is 1.06 bits per heavy atom. The molecule has 7 nitrogen and oxygen atoms in total. The lowest BCUT2D eigenvalue weighted by atomic mass is 10.0. The van der Waals surface area contributed by atoms with Gasteiger partial charge in [0.1, 0.15) is 6.04 Å². The second kappa shape index (κ2) is 11.2. The van der Waals surface area contributed by atoms with E-state index in [2.05, 4.69) is 10.6 Å². The first kappa shape index (κ1) is 24.5. The number of benzene rings is 2. The fourth-order valence-corrected chi connectivity index (χ4v) is 4.15. The standard InChI is InChI=1S/C24H24ClN3O4S/c1-15(2)20(27-21(29)17-8-10-18(25)11-9-17)22(30)26-12-13-28-23(31)19(33-24(28)32)14-16-6-4-3-5-7-16/h3-11,14-15,20H,12-13H2,1-2H3,(H,26,30)(H,27,29)/t20-/m0/s1. The second-order valence-corrected chi connectivity index (χ2v) is 9.17. The lowest BCUT2D eigenvalue weighted by molar-refractivity contribution is -0.125. The van der Waals surface area contributed by atoms with Crippen molar-refractivity contribution in [3.8, 4) is 0 Å². The highest BCUT2D eigenvalue weighted by Gasteiger charge is 2.35. The first-order valence-electron chi connectivity index (χ1n) is 10.4. The number of hydrogen-bond acceptors (Lipinski definition) is 5. The van der Waals surface area contributed by atoms with Crippen LogP contribution in [0.5, 0.6) is 0 Å². The van der Waals surface area contributed by atoms with E-state index >= 15 is 0 Å². The molecule has 1 fully saturated rings. The third-order valence-corrected chi connectivity index (χ3v) is 6.11. The van der Waals surface area contributed by atoms with Gasteiger partial charge in [-0.3, -0.25) is 24.1 Å². The van der Waals surface area contributed by atoms with Crippen LogP contribution in [0.4, 0.5) is 4.79 Å². The van der Waals surface area contributed by atoms with Gasteiger partial charge in [0.05, 0.1) is 4.91 Å². The largest absolute Gasteiger partial charge is 0.353 e. The van der Waals surface area contributed by atoms with Gasteiger partial charge >= 0.3 is 0 Å². The Morgan fingerprint density at radius 2 is 1.73 bits per heavy atom. The van der Waals surface area contributed by atoms with Gasteiger partial charge in [0.15, 0.2) is 0 Å². The molecule has 0 saturated carbocycles. The van der Waals surface area contributed by atoms with E-state index in [0.29, 0.717) is 15.5 Å². The van der Waals surface area contributed by atoms with Crippen LogP contribution in [0.1, 0.15) is 29.8 Å². The molecular formula is C24H24ClN3O4S. The molecule has 3 rings (SSSR count). The van der Waals surface area contributed by atoms with E-state index in [1.165, 1.54) is 0 Å². The summed E-state index contributed by atoms with van der Waals surface area (Å²) in [5, 5.41) is 5.57. The van der Waals surface area contributed by atoms with E-state index in [0.717, 1.165) is 22.2 Å². The number of nitrogens with one attached hydrogen (secondary N) is 2. The summed E-state index contributed by atoms with van der Waals surface area (Å²) in [5.41, 5.74) is 1.22. The molecule has 1 atom stereocenters. The smallest absolute Gasteiger partial charge is 0.293 e. The number of carbonyl (C=O) groups is 4. The maximum Gasteiger partial charge on any atom is 0.293 e. The van der Waals surface area contributed by atoms with Crippen LogP contribution < -0.4 is 10.6 Å². The summed E-state index contributed by atoms with van der Waals surface area (Å²) in [6, 6.07) is 14.8. The molecule has 4 amide bonds. The lowest BCUT2D eigenvalue weighted by Gasteiger charge is -2.22. The zero-order valence-electron chi connectivity index (χ0n) is 18.2. The topological polar surface area (TPSA) is 95.6 Å². The number of halogens is 1. The van der Waals surface area contributed by atoms with Crippen LogP contribution in [0.25, 0.3) is 6.08 Å². The van der Waals surface area contributed by atoms with E-state index < -0.39 is 11.9 Å². The van der Waals surface area contributed by atoms with Crippen molar-refractivity contribution in [2.45, 2.75) is 19.9 Å². The Morgan fingerprint density at radius 3 is 2.36 bits per heavy atom. The summed E-state index contributed by atoms with van der Waals surface area (Å²) in [7, 11) is 0. The molecule has 0 unspecified atom stereocenters. The van der Waals surface area contributed by atoms with Gasteiger partial charge in [-0.2, -0.15) is 0 Å². The van der Waals surface area contributed by atoms with Crippen molar-refractivity contribution < 1.29 is 19.2 Å². The number of imide groups is 1. The van der Waals surface area contributed by atoms with Gasteiger partial charge in [0.25, 0.3) is 17.1 Å². The molecule has 2 N–H and O–H groups in total. The fourth-order valence-electron chi connectivity index (χ4n) is 3.16. The van der Waals surface area contributed by atoms with Gasteiger partial charge in [-0.25, -0.2) is 0 Å². The minimum Gasteiger partial charge on any atom is -0.353 e. The quantitative estimate of drug-likeness (QED) is 0.552.